The van der Waals surface area contributed by atoms with E-state index < -0.39 is 0 Å². The lowest BCUT2D eigenvalue weighted by molar-refractivity contribution is 1.16. The van der Waals surface area contributed by atoms with Crippen molar-refractivity contribution >= 4 is 21.8 Å². The Labute approximate surface area is 188 Å². The molecule has 0 bridgehead atoms. The average molecular weight is 410 g/mol. The van der Waals surface area contributed by atoms with Gasteiger partial charge < -0.3 is 4.57 Å². The number of hydrogen-bond acceptors (Lipinski definition) is 0. The van der Waals surface area contributed by atoms with E-state index in [1.54, 1.807) is 0 Å². The molecule has 0 amide bonds. The van der Waals surface area contributed by atoms with Crippen LogP contribution in [0.1, 0.15) is 11.1 Å². The zero-order valence-electron chi connectivity index (χ0n) is 17.8. The van der Waals surface area contributed by atoms with Crippen LogP contribution in [-0.4, -0.2) is 4.57 Å². The Morgan fingerprint density at radius 2 is 1.09 bits per heavy atom. The Morgan fingerprint density at radius 1 is 0.438 bits per heavy atom. The highest BCUT2D eigenvalue weighted by Gasteiger charge is 2.12. The molecule has 1 heteroatoms. The number of benzene rings is 5. The quantitative estimate of drug-likeness (QED) is 0.278. The summed E-state index contributed by atoms with van der Waals surface area (Å²) in [5.41, 5.74) is 8.88. The molecule has 32 heavy (non-hydrogen) atoms. The van der Waals surface area contributed by atoms with Crippen LogP contribution in [0, 0.1) is 0 Å². The topological polar surface area (TPSA) is 4.93 Å². The predicted molar refractivity (Wildman–Crippen MR) is 135 cm³/mol. The Morgan fingerprint density at radius 3 is 1.94 bits per heavy atom. The van der Waals surface area contributed by atoms with Crippen molar-refractivity contribution in [2.24, 2.45) is 0 Å². The second-order valence-electron chi connectivity index (χ2n) is 8.28. The molecule has 0 radical (unpaired) electrons. The molecule has 0 spiro atoms. The van der Waals surface area contributed by atoms with Gasteiger partial charge >= 0.3 is 0 Å². The monoisotopic (exact) mass is 409 g/mol. The maximum Gasteiger partial charge on any atom is 0.0543 e. The third kappa shape index (κ3) is 3.29. The minimum absolute atomic E-state index is 0.910. The van der Waals surface area contributed by atoms with E-state index in [1.165, 1.54) is 49.7 Å². The van der Waals surface area contributed by atoms with Crippen molar-refractivity contribution in [1.82, 2.24) is 4.57 Å². The lowest BCUT2D eigenvalue weighted by atomic mass is 9.98. The molecule has 5 aromatic carbocycles. The fraction of sp³-hybridized carbons (Fsp3) is 0.0323. The Hall–Kier alpha value is -4.10. The molecule has 0 aliphatic heterocycles. The molecule has 152 valence electrons. The predicted octanol–water partition coefficient (Wildman–Crippen LogP) is 8.04. The van der Waals surface area contributed by atoms with Crippen LogP contribution >= 0.6 is 0 Å². The average Bonchev–Trinajstić information content (AvgIpc) is 3.19. The minimum atomic E-state index is 0.910. The number of fused-ring (bicyclic) bond motifs is 3. The lowest BCUT2D eigenvalue weighted by Crippen LogP contribution is -1.94. The van der Waals surface area contributed by atoms with Crippen molar-refractivity contribution in [2.75, 3.05) is 0 Å². The maximum atomic E-state index is 2.38. The van der Waals surface area contributed by atoms with Crippen molar-refractivity contribution in [1.29, 1.82) is 0 Å². The van der Waals surface area contributed by atoms with E-state index >= 15 is 0 Å². The van der Waals surface area contributed by atoms with E-state index in [0.29, 0.717) is 0 Å². The van der Waals surface area contributed by atoms with Gasteiger partial charge in [-0.05, 0) is 52.9 Å². The third-order valence-electron chi connectivity index (χ3n) is 6.19. The number of aromatic nitrogens is 1. The molecule has 0 unspecified atom stereocenters. The van der Waals surface area contributed by atoms with Crippen LogP contribution in [0.25, 0.3) is 38.6 Å². The Bertz CT molecular complexity index is 1530. The third-order valence-corrected chi connectivity index (χ3v) is 6.19. The molecule has 0 atom stereocenters. The van der Waals surface area contributed by atoms with Gasteiger partial charge in [-0.2, -0.15) is 0 Å². The van der Waals surface area contributed by atoms with Gasteiger partial charge in [0.05, 0.1) is 11.0 Å². The van der Waals surface area contributed by atoms with Gasteiger partial charge in [-0.1, -0.05) is 103 Å². The molecular weight excluding hydrogens is 386 g/mol. The van der Waals surface area contributed by atoms with E-state index in [9.17, 15) is 0 Å². The normalized spacial score (nSPS) is 11.2. The summed E-state index contributed by atoms with van der Waals surface area (Å²) >= 11 is 0. The van der Waals surface area contributed by atoms with Crippen LogP contribution in [-0.2, 0) is 6.42 Å². The highest BCUT2D eigenvalue weighted by atomic mass is 15.0. The molecule has 1 heterocycles. The minimum Gasteiger partial charge on any atom is -0.309 e. The van der Waals surface area contributed by atoms with E-state index in [2.05, 4.69) is 132 Å². The number of rotatable bonds is 4. The highest BCUT2D eigenvalue weighted by molar-refractivity contribution is 6.09. The first-order chi connectivity index (χ1) is 15.9. The summed E-state index contributed by atoms with van der Waals surface area (Å²) in [6, 6.07) is 45.7. The maximum absolute atomic E-state index is 2.38. The number of hydrogen-bond donors (Lipinski definition) is 0. The first kappa shape index (κ1) is 18.7. The summed E-state index contributed by atoms with van der Waals surface area (Å²) in [4.78, 5) is 0. The zero-order valence-corrected chi connectivity index (χ0v) is 17.8. The van der Waals surface area contributed by atoms with E-state index in [4.69, 9.17) is 0 Å². The van der Waals surface area contributed by atoms with E-state index in [-0.39, 0.29) is 0 Å². The zero-order chi connectivity index (χ0) is 21.3. The molecule has 6 aromatic rings. The fourth-order valence-electron chi connectivity index (χ4n) is 4.71. The van der Waals surface area contributed by atoms with Gasteiger partial charge in [0.25, 0.3) is 0 Å². The van der Waals surface area contributed by atoms with Gasteiger partial charge in [0.15, 0.2) is 0 Å². The SMILES string of the molecule is c1ccc(-c2cccc(Cc3ccc4c5ccccc5n(-c5ccccc5)c4c3)c2)cc1. The fourth-order valence-corrected chi connectivity index (χ4v) is 4.71. The molecule has 0 aliphatic carbocycles. The number of para-hydroxylation sites is 2. The van der Waals surface area contributed by atoms with Gasteiger partial charge in [-0.25, -0.2) is 0 Å². The van der Waals surface area contributed by atoms with Crippen LogP contribution in [0.3, 0.4) is 0 Å². The molecule has 0 N–H and O–H groups in total. The van der Waals surface area contributed by atoms with Crippen LogP contribution in [0.4, 0.5) is 0 Å². The molecule has 1 aromatic heterocycles. The summed E-state index contributed by atoms with van der Waals surface area (Å²) in [6.45, 7) is 0. The lowest BCUT2D eigenvalue weighted by Gasteiger charge is -2.09. The van der Waals surface area contributed by atoms with E-state index in [1.807, 2.05) is 0 Å². The molecule has 0 aliphatic rings. The smallest absolute Gasteiger partial charge is 0.0543 e. The molecule has 0 saturated heterocycles. The van der Waals surface area contributed by atoms with Gasteiger partial charge in [-0.15, -0.1) is 0 Å². The van der Waals surface area contributed by atoms with Gasteiger partial charge in [-0.3, -0.25) is 0 Å². The van der Waals surface area contributed by atoms with Gasteiger partial charge in [0, 0.05) is 16.5 Å². The number of nitrogens with zero attached hydrogens (tertiary/aromatic N) is 1. The summed E-state index contributed by atoms with van der Waals surface area (Å²) in [7, 11) is 0. The second-order valence-corrected chi connectivity index (χ2v) is 8.28. The van der Waals surface area contributed by atoms with Crippen molar-refractivity contribution in [3.05, 3.63) is 139 Å². The van der Waals surface area contributed by atoms with Crippen LogP contribution < -0.4 is 0 Å². The van der Waals surface area contributed by atoms with Crippen molar-refractivity contribution in [3.63, 3.8) is 0 Å². The van der Waals surface area contributed by atoms with Crippen molar-refractivity contribution < 1.29 is 0 Å². The van der Waals surface area contributed by atoms with Gasteiger partial charge in [0.2, 0.25) is 0 Å². The van der Waals surface area contributed by atoms with Crippen molar-refractivity contribution in [3.8, 4) is 16.8 Å². The molecule has 0 fully saturated rings. The summed E-state index contributed by atoms with van der Waals surface area (Å²) in [5, 5.41) is 2.59. The first-order valence-corrected chi connectivity index (χ1v) is 11.1. The van der Waals surface area contributed by atoms with E-state index in [0.717, 1.165) is 6.42 Å². The first-order valence-electron chi connectivity index (χ1n) is 11.1. The van der Waals surface area contributed by atoms with Crippen LogP contribution in [0.5, 0.6) is 0 Å². The standard InChI is InChI=1S/C31H23N/c1-3-11-25(12-4-1)26-13-9-10-23(21-26)20-24-18-19-29-28-16-7-8-17-30(28)32(31(29)22-24)27-14-5-2-6-15-27/h1-19,21-22H,20H2. The molecule has 1 nitrogen and oxygen atoms in total. The Balaban J connectivity index is 1.46. The summed E-state index contributed by atoms with van der Waals surface area (Å²) in [5.74, 6) is 0. The van der Waals surface area contributed by atoms with Crippen LogP contribution in [0.15, 0.2) is 127 Å². The summed E-state index contributed by atoms with van der Waals surface area (Å²) in [6.07, 6.45) is 0.910. The van der Waals surface area contributed by atoms with Crippen molar-refractivity contribution in [2.45, 2.75) is 6.42 Å². The molecule has 6 rings (SSSR count). The highest BCUT2D eigenvalue weighted by Crippen LogP contribution is 2.33. The second kappa shape index (κ2) is 7.86. The van der Waals surface area contributed by atoms with Crippen LogP contribution in [0.2, 0.25) is 0 Å². The summed E-state index contributed by atoms with van der Waals surface area (Å²) < 4.78 is 2.38. The molecule has 0 saturated carbocycles. The largest absolute Gasteiger partial charge is 0.309 e. The van der Waals surface area contributed by atoms with Gasteiger partial charge in [0.1, 0.15) is 0 Å². The molecular formula is C31H23N. The Kier molecular flexibility index (Phi) is 4.58.